The Morgan fingerprint density at radius 3 is 2.90 bits per heavy atom. The van der Waals surface area contributed by atoms with Gasteiger partial charge in [-0.05, 0) is 31.2 Å². The van der Waals surface area contributed by atoms with Crippen molar-refractivity contribution >= 4 is 17.5 Å². The molecule has 1 saturated carbocycles. The van der Waals surface area contributed by atoms with Crippen molar-refractivity contribution in [2.24, 2.45) is 5.92 Å². The topological polar surface area (TPSA) is 29.1 Å². The van der Waals surface area contributed by atoms with Gasteiger partial charge in [0.05, 0.1) is 6.42 Å². The Bertz CT molecular complexity index is 481. The van der Waals surface area contributed by atoms with Crippen LogP contribution < -0.4 is 5.32 Å². The van der Waals surface area contributed by atoms with Gasteiger partial charge in [0.2, 0.25) is 5.91 Å². The number of nitrogens with one attached hydrogen (secondary N) is 1. The number of hydrogen-bond acceptors (Lipinski definition) is 1. The van der Waals surface area contributed by atoms with Gasteiger partial charge in [0.1, 0.15) is 0 Å². The number of amides is 1. The van der Waals surface area contributed by atoms with Crippen molar-refractivity contribution in [3.63, 3.8) is 0 Å². The molecule has 5 heteroatoms. The second-order valence-corrected chi connectivity index (χ2v) is 5.94. The van der Waals surface area contributed by atoms with Crippen LogP contribution in [0.25, 0.3) is 0 Å². The Morgan fingerprint density at radius 2 is 2.15 bits per heavy atom. The van der Waals surface area contributed by atoms with Crippen LogP contribution >= 0.6 is 11.6 Å². The van der Waals surface area contributed by atoms with Crippen molar-refractivity contribution < 1.29 is 13.6 Å². The highest BCUT2D eigenvalue weighted by atomic mass is 35.5. The zero-order valence-electron chi connectivity index (χ0n) is 11.2. The number of hydrogen-bond donors (Lipinski definition) is 1. The number of rotatable bonds is 4. The average Bonchev–Trinajstić information content (AvgIpc) is 2.42. The van der Waals surface area contributed by atoms with Gasteiger partial charge in [-0.25, -0.2) is 8.78 Å². The molecule has 2 nitrogen and oxygen atoms in total. The normalized spacial score (nSPS) is 22.6. The van der Waals surface area contributed by atoms with E-state index in [0.717, 1.165) is 31.7 Å². The third-order valence-electron chi connectivity index (χ3n) is 3.69. The summed E-state index contributed by atoms with van der Waals surface area (Å²) in [5, 5.41) is 2.97. The molecule has 1 amide bonds. The largest absolute Gasteiger partial charge is 0.356 e. The first-order valence-corrected chi connectivity index (χ1v) is 7.33. The smallest absolute Gasteiger partial charge is 0.224 e. The van der Waals surface area contributed by atoms with Gasteiger partial charge < -0.3 is 5.32 Å². The Balaban J connectivity index is 1.82. The molecule has 0 saturated heterocycles. The zero-order valence-corrected chi connectivity index (χ0v) is 11.9. The van der Waals surface area contributed by atoms with E-state index >= 15 is 0 Å². The van der Waals surface area contributed by atoms with Crippen molar-refractivity contribution in [2.45, 2.75) is 37.5 Å². The van der Waals surface area contributed by atoms with Crippen molar-refractivity contribution in [2.75, 3.05) is 6.54 Å². The molecule has 2 rings (SSSR count). The van der Waals surface area contributed by atoms with Gasteiger partial charge >= 0.3 is 0 Å². The fraction of sp³-hybridized carbons (Fsp3) is 0.533. The summed E-state index contributed by atoms with van der Waals surface area (Å²) in [6.07, 6.45) is 3.92. The van der Waals surface area contributed by atoms with E-state index < -0.39 is 11.6 Å². The standard InChI is InChI=1S/C15H18ClF2NO/c16-12-5-1-3-10(7-12)9-19-14(20)8-11-4-2-6-13(17)15(11)18/h2,4,6,10,12H,1,3,5,7-9H2,(H,19,20). The summed E-state index contributed by atoms with van der Waals surface area (Å²) < 4.78 is 26.5. The maximum Gasteiger partial charge on any atom is 0.224 e. The van der Waals surface area contributed by atoms with Crippen LogP contribution in [-0.4, -0.2) is 17.8 Å². The summed E-state index contributed by atoms with van der Waals surface area (Å²) in [5.41, 5.74) is 0.0846. The lowest BCUT2D eigenvalue weighted by Crippen LogP contribution is -2.33. The summed E-state index contributed by atoms with van der Waals surface area (Å²) in [6, 6.07) is 3.87. The predicted octanol–water partition coefficient (Wildman–Crippen LogP) is 3.42. The second-order valence-electron chi connectivity index (χ2n) is 5.32. The highest BCUT2D eigenvalue weighted by Crippen LogP contribution is 2.27. The highest BCUT2D eigenvalue weighted by molar-refractivity contribution is 6.20. The average molecular weight is 302 g/mol. The van der Waals surface area contributed by atoms with Gasteiger partial charge in [0.15, 0.2) is 11.6 Å². The summed E-state index contributed by atoms with van der Waals surface area (Å²) in [6.45, 7) is 0.555. The highest BCUT2D eigenvalue weighted by Gasteiger charge is 2.21. The van der Waals surface area contributed by atoms with Crippen LogP contribution in [0.15, 0.2) is 18.2 Å². The summed E-state index contributed by atoms with van der Waals surface area (Å²) in [7, 11) is 0. The third kappa shape index (κ3) is 4.17. The Labute approximate surface area is 122 Å². The van der Waals surface area contributed by atoms with Crippen LogP contribution in [0, 0.1) is 17.6 Å². The molecule has 0 bridgehead atoms. The van der Waals surface area contributed by atoms with Gasteiger partial charge in [0, 0.05) is 17.5 Å². The van der Waals surface area contributed by atoms with E-state index in [0.29, 0.717) is 12.5 Å². The predicted molar refractivity (Wildman–Crippen MR) is 74.7 cm³/mol. The molecule has 0 aromatic heterocycles. The zero-order chi connectivity index (χ0) is 14.5. The van der Waals surface area contributed by atoms with E-state index in [-0.39, 0.29) is 23.3 Å². The molecule has 0 spiro atoms. The van der Waals surface area contributed by atoms with E-state index in [2.05, 4.69) is 5.32 Å². The first-order chi connectivity index (χ1) is 9.56. The lowest BCUT2D eigenvalue weighted by atomic mass is 9.89. The van der Waals surface area contributed by atoms with Crippen molar-refractivity contribution in [1.29, 1.82) is 0 Å². The molecule has 20 heavy (non-hydrogen) atoms. The van der Waals surface area contributed by atoms with Crippen LogP contribution in [0.3, 0.4) is 0 Å². The fourth-order valence-electron chi connectivity index (χ4n) is 2.59. The van der Waals surface area contributed by atoms with Gasteiger partial charge in [-0.3, -0.25) is 4.79 Å². The van der Waals surface area contributed by atoms with Crippen LogP contribution in [0.4, 0.5) is 8.78 Å². The lowest BCUT2D eigenvalue weighted by Gasteiger charge is -2.25. The van der Waals surface area contributed by atoms with Crippen LogP contribution in [0.2, 0.25) is 0 Å². The molecule has 1 N–H and O–H groups in total. The van der Waals surface area contributed by atoms with Crippen LogP contribution in [-0.2, 0) is 11.2 Å². The molecule has 0 aliphatic heterocycles. The lowest BCUT2D eigenvalue weighted by molar-refractivity contribution is -0.120. The molecule has 0 heterocycles. The SMILES string of the molecule is O=C(Cc1cccc(F)c1F)NCC1CCCC(Cl)C1. The molecule has 2 unspecified atom stereocenters. The van der Waals surface area contributed by atoms with Gasteiger partial charge in [-0.1, -0.05) is 18.6 Å². The molecule has 1 aromatic rings. The van der Waals surface area contributed by atoms with E-state index in [1.54, 1.807) is 0 Å². The molecule has 2 atom stereocenters. The van der Waals surface area contributed by atoms with E-state index in [4.69, 9.17) is 11.6 Å². The third-order valence-corrected chi connectivity index (χ3v) is 4.09. The minimum absolute atomic E-state index is 0.0846. The summed E-state index contributed by atoms with van der Waals surface area (Å²) in [4.78, 5) is 11.8. The number of carbonyl (C=O) groups is 1. The molecule has 1 aliphatic rings. The van der Waals surface area contributed by atoms with Gasteiger partial charge in [0.25, 0.3) is 0 Å². The number of benzene rings is 1. The van der Waals surface area contributed by atoms with Crippen molar-refractivity contribution in [1.82, 2.24) is 5.32 Å². The molecule has 110 valence electrons. The Hall–Kier alpha value is -1.16. The maximum atomic E-state index is 13.4. The molecular formula is C15H18ClF2NO. The van der Waals surface area contributed by atoms with Gasteiger partial charge in [-0.2, -0.15) is 0 Å². The Morgan fingerprint density at radius 1 is 1.35 bits per heavy atom. The van der Waals surface area contributed by atoms with E-state index in [1.807, 2.05) is 0 Å². The number of alkyl halides is 1. The van der Waals surface area contributed by atoms with E-state index in [9.17, 15) is 13.6 Å². The van der Waals surface area contributed by atoms with Crippen LogP contribution in [0.5, 0.6) is 0 Å². The first kappa shape index (κ1) is 15.2. The quantitative estimate of drug-likeness (QED) is 0.848. The summed E-state index contributed by atoms with van der Waals surface area (Å²) in [5.74, 6) is -1.77. The maximum absolute atomic E-state index is 13.4. The van der Waals surface area contributed by atoms with Gasteiger partial charge in [-0.15, -0.1) is 11.6 Å². The fourth-order valence-corrected chi connectivity index (χ4v) is 3.00. The minimum Gasteiger partial charge on any atom is -0.356 e. The number of carbonyl (C=O) groups excluding carboxylic acids is 1. The van der Waals surface area contributed by atoms with E-state index in [1.165, 1.54) is 12.1 Å². The summed E-state index contributed by atoms with van der Waals surface area (Å²) >= 11 is 6.09. The minimum atomic E-state index is -0.943. The molecule has 1 fully saturated rings. The molecule has 1 aliphatic carbocycles. The monoisotopic (exact) mass is 301 g/mol. The molecule has 0 radical (unpaired) electrons. The van der Waals surface area contributed by atoms with Crippen molar-refractivity contribution in [3.05, 3.63) is 35.4 Å². The number of halogens is 3. The van der Waals surface area contributed by atoms with Crippen molar-refractivity contribution in [3.8, 4) is 0 Å². The first-order valence-electron chi connectivity index (χ1n) is 6.90. The van der Waals surface area contributed by atoms with Crippen LogP contribution in [0.1, 0.15) is 31.2 Å². The second kappa shape index (κ2) is 7.02. The molecule has 1 aromatic carbocycles. The Kier molecular flexibility index (Phi) is 5.35. The molecular weight excluding hydrogens is 284 g/mol.